The van der Waals surface area contributed by atoms with Crippen LogP contribution in [0.15, 0.2) is 164 Å². The van der Waals surface area contributed by atoms with Gasteiger partial charge in [-0.15, -0.1) is 11.3 Å². The molecule has 0 fully saturated rings. The Morgan fingerprint density at radius 3 is 1.40 bits per heavy atom. The monoisotopic (exact) mass is 625 g/mol. The van der Waals surface area contributed by atoms with E-state index in [0.29, 0.717) is 0 Å². The van der Waals surface area contributed by atoms with E-state index < -0.39 is 0 Å². The number of aromatic nitrogens is 1. The first-order valence-electron chi connectivity index (χ1n) is 16.5. The van der Waals surface area contributed by atoms with Gasteiger partial charge in [-0.2, -0.15) is 0 Å². The minimum absolute atomic E-state index is 1.24. The van der Waals surface area contributed by atoms with Gasteiger partial charge in [0.2, 0.25) is 0 Å². The van der Waals surface area contributed by atoms with Gasteiger partial charge in [0.1, 0.15) is 0 Å². The van der Waals surface area contributed by atoms with Crippen LogP contribution in [-0.2, 0) is 0 Å². The molecular weight excluding hydrogens is 599 g/mol. The summed E-state index contributed by atoms with van der Waals surface area (Å²) in [5, 5.41) is 12.9. The number of benzene rings is 8. The SMILES string of the molecule is c1ccc(-c2sc(-c3cccc(-c4cc5c6cc7ccccc7cc6n6c7cc8ccccc8cc7c(c4)c56)c3)c3ccccc23)cc1. The summed E-state index contributed by atoms with van der Waals surface area (Å²) in [5.41, 5.74) is 8.85. The van der Waals surface area contributed by atoms with E-state index in [2.05, 4.69) is 168 Å². The van der Waals surface area contributed by atoms with Crippen LogP contribution in [0.4, 0.5) is 0 Å². The van der Waals surface area contributed by atoms with Crippen LogP contribution < -0.4 is 0 Å². The molecule has 48 heavy (non-hydrogen) atoms. The van der Waals surface area contributed by atoms with Gasteiger partial charge < -0.3 is 4.40 Å². The number of fused-ring (bicyclic) bond motifs is 9. The molecule has 0 aliphatic carbocycles. The van der Waals surface area contributed by atoms with Crippen molar-refractivity contribution in [2.24, 2.45) is 0 Å². The summed E-state index contributed by atoms with van der Waals surface area (Å²) in [6, 6.07) is 60.7. The van der Waals surface area contributed by atoms with Crippen molar-refractivity contribution in [2.75, 3.05) is 0 Å². The zero-order valence-electron chi connectivity index (χ0n) is 25.9. The number of rotatable bonds is 3. The van der Waals surface area contributed by atoms with E-state index in [1.807, 2.05) is 11.3 Å². The van der Waals surface area contributed by atoms with Crippen LogP contribution in [0, 0.1) is 0 Å². The first-order valence-corrected chi connectivity index (χ1v) is 17.3. The van der Waals surface area contributed by atoms with E-state index in [-0.39, 0.29) is 0 Å². The Bertz CT molecular complexity index is 2930. The fraction of sp³-hybridized carbons (Fsp3) is 0. The van der Waals surface area contributed by atoms with Crippen LogP contribution >= 0.6 is 11.3 Å². The normalized spacial score (nSPS) is 12.2. The number of thiophene rings is 1. The molecule has 0 bridgehead atoms. The van der Waals surface area contributed by atoms with Gasteiger partial charge in [0.15, 0.2) is 0 Å². The van der Waals surface area contributed by atoms with Crippen molar-refractivity contribution in [2.45, 2.75) is 0 Å². The standard InChI is InChI=1S/C46H27NS/c1-2-11-28(12-3-1)45-36-19-8-9-20-37(36)46(48-45)34-18-10-17-29(21-34)35-24-40-38-22-30-13-4-6-15-32(30)26-42(38)47-43-27-33-16-7-5-14-31(33)23-39(43)41(25-35)44(40)47/h1-27H. The maximum Gasteiger partial charge on any atom is 0.0620 e. The molecule has 2 heteroatoms. The van der Waals surface area contributed by atoms with Crippen molar-refractivity contribution in [1.29, 1.82) is 0 Å². The predicted octanol–water partition coefficient (Wildman–Crippen LogP) is 13.4. The Morgan fingerprint density at radius 2 is 0.792 bits per heavy atom. The summed E-state index contributed by atoms with van der Waals surface area (Å²) >= 11 is 1.89. The van der Waals surface area contributed by atoms with E-state index in [9.17, 15) is 0 Å². The van der Waals surface area contributed by atoms with Crippen LogP contribution in [-0.4, -0.2) is 4.40 Å². The third-order valence-electron chi connectivity index (χ3n) is 10.2. The van der Waals surface area contributed by atoms with Crippen molar-refractivity contribution < 1.29 is 0 Å². The van der Waals surface area contributed by atoms with E-state index in [1.165, 1.54) is 102 Å². The topological polar surface area (TPSA) is 4.41 Å². The summed E-state index contributed by atoms with van der Waals surface area (Å²) in [7, 11) is 0. The van der Waals surface area contributed by atoms with E-state index >= 15 is 0 Å². The molecular formula is C46H27NS. The smallest absolute Gasteiger partial charge is 0.0620 e. The fourth-order valence-electron chi connectivity index (χ4n) is 8.03. The Balaban J connectivity index is 1.19. The molecule has 3 heterocycles. The lowest BCUT2D eigenvalue weighted by Crippen LogP contribution is -1.82. The van der Waals surface area contributed by atoms with Gasteiger partial charge in [-0.25, -0.2) is 0 Å². The zero-order chi connectivity index (χ0) is 31.3. The molecule has 0 saturated heterocycles. The summed E-state index contributed by atoms with van der Waals surface area (Å²) in [5.74, 6) is 0. The number of hydrogen-bond donors (Lipinski definition) is 0. The first kappa shape index (κ1) is 26.1. The molecule has 0 saturated carbocycles. The minimum atomic E-state index is 1.24. The van der Waals surface area contributed by atoms with Gasteiger partial charge in [-0.3, -0.25) is 0 Å². The van der Waals surface area contributed by atoms with Crippen molar-refractivity contribution in [1.82, 2.24) is 4.40 Å². The molecule has 0 amide bonds. The molecule has 0 N–H and O–H groups in total. The van der Waals surface area contributed by atoms with Crippen LogP contribution in [0.25, 0.3) is 102 Å². The lowest BCUT2D eigenvalue weighted by molar-refractivity contribution is 1.38. The molecule has 0 radical (unpaired) electrons. The molecule has 3 aromatic heterocycles. The minimum Gasteiger partial charge on any atom is -0.308 e. The zero-order valence-corrected chi connectivity index (χ0v) is 26.8. The highest BCUT2D eigenvalue weighted by molar-refractivity contribution is 7.21. The van der Waals surface area contributed by atoms with Gasteiger partial charge in [0.25, 0.3) is 0 Å². The quantitative estimate of drug-likeness (QED) is 0.184. The second kappa shape index (κ2) is 9.78. The average molecular weight is 626 g/mol. The van der Waals surface area contributed by atoms with Crippen molar-refractivity contribution in [3.8, 4) is 32.0 Å². The van der Waals surface area contributed by atoms with E-state index in [0.717, 1.165) is 0 Å². The summed E-state index contributed by atoms with van der Waals surface area (Å²) in [6.07, 6.45) is 0. The molecule has 222 valence electrons. The molecule has 11 rings (SSSR count). The van der Waals surface area contributed by atoms with E-state index in [1.54, 1.807) is 0 Å². The largest absolute Gasteiger partial charge is 0.308 e. The van der Waals surface area contributed by atoms with Crippen LogP contribution in [0.1, 0.15) is 0 Å². The molecule has 0 aliphatic rings. The Kier molecular flexibility index (Phi) is 5.32. The van der Waals surface area contributed by atoms with Crippen LogP contribution in [0.3, 0.4) is 0 Å². The molecule has 0 aliphatic heterocycles. The predicted molar refractivity (Wildman–Crippen MR) is 208 cm³/mol. The van der Waals surface area contributed by atoms with Crippen LogP contribution in [0.5, 0.6) is 0 Å². The Hall–Kier alpha value is -5.96. The maximum atomic E-state index is 2.51. The van der Waals surface area contributed by atoms with Crippen molar-refractivity contribution in [3.63, 3.8) is 0 Å². The first-order chi connectivity index (χ1) is 23.8. The van der Waals surface area contributed by atoms with Crippen molar-refractivity contribution >= 4 is 81.7 Å². The molecule has 1 nitrogen and oxygen atoms in total. The highest BCUT2D eigenvalue weighted by atomic mass is 32.1. The maximum absolute atomic E-state index is 2.51. The molecule has 0 atom stereocenters. The molecule has 8 aromatic carbocycles. The lowest BCUT2D eigenvalue weighted by Gasteiger charge is -2.08. The number of hydrogen-bond acceptors (Lipinski definition) is 1. The van der Waals surface area contributed by atoms with Crippen LogP contribution in [0.2, 0.25) is 0 Å². The third kappa shape index (κ3) is 3.66. The van der Waals surface area contributed by atoms with Gasteiger partial charge in [0.05, 0.1) is 16.6 Å². The summed E-state index contributed by atoms with van der Waals surface area (Å²) in [4.78, 5) is 2.64. The Morgan fingerprint density at radius 1 is 0.312 bits per heavy atom. The van der Waals surface area contributed by atoms with Crippen molar-refractivity contribution in [3.05, 3.63) is 164 Å². The second-order valence-corrected chi connectivity index (χ2v) is 14.0. The molecule has 0 unspecified atom stereocenters. The Labute approximate surface area is 280 Å². The lowest BCUT2D eigenvalue weighted by atomic mass is 9.96. The van der Waals surface area contributed by atoms with E-state index in [4.69, 9.17) is 0 Å². The van der Waals surface area contributed by atoms with Gasteiger partial charge in [-0.1, -0.05) is 121 Å². The highest BCUT2D eigenvalue weighted by Crippen LogP contribution is 2.46. The fourth-order valence-corrected chi connectivity index (χ4v) is 9.31. The molecule has 0 spiro atoms. The second-order valence-electron chi connectivity index (χ2n) is 12.9. The van der Waals surface area contributed by atoms with Gasteiger partial charge >= 0.3 is 0 Å². The van der Waals surface area contributed by atoms with Gasteiger partial charge in [-0.05, 0) is 86.3 Å². The third-order valence-corrected chi connectivity index (χ3v) is 11.6. The molecule has 11 aromatic rings. The van der Waals surface area contributed by atoms with Gasteiger partial charge in [0, 0.05) is 42.1 Å². The summed E-state index contributed by atoms with van der Waals surface area (Å²) < 4.78 is 2.51. The average Bonchev–Trinajstić information content (AvgIpc) is 3.80. The summed E-state index contributed by atoms with van der Waals surface area (Å²) in [6.45, 7) is 0. The highest BCUT2D eigenvalue weighted by Gasteiger charge is 2.21. The number of nitrogens with zero attached hydrogens (tertiary/aromatic N) is 1.